The minimum absolute atomic E-state index is 0.0550. The number of ether oxygens (including phenoxy) is 5. The normalized spacial score (nSPS) is 44.7. The molecule has 0 aromatic rings. The maximum Gasteiger partial charge on any atom is 0.311 e. The number of nitrogens with zero attached hydrogens (tertiary/aromatic N) is 1. The summed E-state index contributed by atoms with van der Waals surface area (Å²) in [4.78, 5) is 19.0. The van der Waals surface area contributed by atoms with Gasteiger partial charge in [-0.2, -0.15) is 0 Å². The first-order valence-electron chi connectivity index (χ1n) is 15.3. The number of esters is 1. The Bertz CT molecular complexity index is 841. The van der Waals surface area contributed by atoms with E-state index in [9.17, 15) is 15.0 Å². The summed E-state index contributed by atoms with van der Waals surface area (Å²) >= 11 is 0. The highest BCUT2D eigenvalue weighted by Gasteiger charge is 2.48. The average Bonchev–Trinajstić information content (AvgIpc) is 2.90. The molecule has 2 saturated heterocycles. The Morgan fingerprint density at radius 3 is 2.24 bits per heavy atom. The highest BCUT2D eigenvalue weighted by molar-refractivity contribution is 5.88. The smallest absolute Gasteiger partial charge is 0.311 e. The Kier molecular flexibility index (Phi) is 13.5. The molecule has 0 aliphatic carbocycles. The molecule has 0 bridgehead atoms. The third kappa shape index (κ3) is 9.34. The minimum atomic E-state index is -1.76. The second-order valence-corrected chi connectivity index (χ2v) is 13.1. The van der Waals surface area contributed by atoms with Crippen molar-refractivity contribution in [3.05, 3.63) is 0 Å². The first kappa shape index (κ1) is 35.9. The fourth-order valence-corrected chi connectivity index (χ4v) is 6.80. The number of hydrogen-bond acceptors (Lipinski definition) is 10. The van der Waals surface area contributed by atoms with Crippen LogP contribution in [-0.4, -0.2) is 84.8 Å². The molecule has 2 aliphatic heterocycles. The lowest BCUT2D eigenvalue weighted by atomic mass is 9.75. The lowest BCUT2D eigenvalue weighted by molar-refractivity contribution is -0.242. The molecule has 12 atom stereocenters. The number of methoxy groups -OCH3 is 2. The predicted molar refractivity (Wildman–Crippen MR) is 156 cm³/mol. The van der Waals surface area contributed by atoms with Gasteiger partial charge in [-0.15, -0.1) is 0 Å². The van der Waals surface area contributed by atoms with Crippen LogP contribution in [0.15, 0.2) is 5.16 Å². The van der Waals surface area contributed by atoms with Gasteiger partial charge in [0, 0.05) is 32.5 Å². The maximum atomic E-state index is 13.7. The van der Waals surface area contributed by atoms with Gasteiger partial charge in [-0.05, 0) is 65.2 Å². The van der Waals surface area contributed by atoms with Crippen LogP contribution in [0.2, 0.25) is 0 Å². The molecule has 0 amide bonds. The van der Waals surface area contributed by atoms with Crippen LogP contribution in [0.1, 0.15) is 94.4 Å². The molecular formula is C31H57NO9. The molecular weight excluding hydrogens is 530 g/mol. The zero-order valence-corrected chi connectivity index (χ0v) is 27.2. The van der Waals surface area contributed by atoms with Crippen molar-refractivity contribution in [2.24, 2.45) is 34.7 Å². The van der Waals surface area contributed by atoms with Gasteiger partial charge < -0.3 is 38.7 Å². The second kappa shape index (κ2) is 15.4. The Balaban J connectivity index is 2.56. The molecule has 0 unspecified atom stereocenters. The quantitative estimate of drug-likeness (QED) is 0.189. The van der Waals surface area contributed by atoms with E-state index in [1.165, 1.54) is 14.0 Å². The molecule has 2 N–H and O–H groups in total. The number of aliphatic hydroxyl groups is 2. The number of hydrogen-bond donors (Lipinski definition) is 2. The van der Waals surface area contributed by atoms with E-state index in [0.29, 0.717) is 30.9 Å². The van der Waals surface area contributed by atoms with Crippen molar-refractivity contribution in [1.29, 1.82) is 0 Å². The number of carbonyl (C=O) groups is 1. The molecule has 10 heteroatoms. The van der Waals surface area contributed by atoms with Gasteiger partial charge in [0.1, 0.15) is 11.7 Å². The van der Waals surface area contributed by atoms with Crippen molar-refractivity contribution in [3.63, 3.8) is 0 Å². The summed E-state index contributed by atoms with van der Waals surface area (Å²) in [5, 5.41) is 27.4. The molecule has 2 rings (SSSR count). The van der Waals surface area contributed by atoms with Gasteiger partial charge in [-0.1, -0.05) is 39.8 Å². The molecule has 0 aromatic heterocycles. The first-order chi connectivity index (χ1) is 19.1. The summed E-state index contributed by atoms with van der Waals surface area (Å²) in [7, 11) is 3.18. The van der Waals surface area contributed by atoms with Crippen LogP contribution in [0.4, 0.5) is 0 Å². The SMILES string of the molecule is CC[C@H]1OC(=O)[C@H](C)[C@@H](O[C@H]2C[C@H](C)C[C@H](C)O2)[C@H](C)C[C@](C)(OC)C[C@@H](C)/C(=N/OCOC)[C@H](C)[C@@H](O)[C@]1(C)O. The van der Waals surface area contributed by atoms with Crippen molar-refractivity contribution in [1.82, 2.24) is 0 Å². The topological polar surface area (TPSA) is 125 Å². The lowest BCUT2D eigenvalue weighted by Gasteiger charge is -2.43. The highest BCUT2D eigenvalue weighted by atomic mass is 16.7. The van der Waals surface area contributed by atoms with Crippen molar-refractivity contribution >= 4 is 11.7 Å². The number of rotatable bonds is 7. The Morgan fingerprint density at radius 2 is 1.68 bits per heavy atom. The van der Waals surface area contributed by atoms with E-state index in [1.54, 1.807) is 21.0 Å². The third-order valence-corrected chi connectivity index (χ3v) is 9.10. The van der Waals surface area contributed by atoms with Gasteiger partial charge in [0.05, 0.1) is 35.5 Å². The number of carbonyl (C=O) groups excluding carboxylic acids is 1. The average molecular weight is 588 g/mol. The second-order valence-electron chi connectivity index (χ2n) is 13.1. The summed E-state index contributed by atoms with van der Waals surface area (Å²) in [5.41, 5.74) is -1.83. The van der Waals surface area contributed by atoms with Crippen molar-refractivity contribution in [2.75, 3.05) is 21.0 Å². The highest BCUT2D eigenvalue weighted by Crippen LogP contribution is 2.38. The molecule has 0 saturated carbocycles. The lowest BCUT2D eigenvalue weighted by Crippen LogP contribution is -2.56. The van der Waals surface area contributed by atoms with Gasteiger partial charge in [0.2, 0.25) is 6.79 Å². The van der Waals surface area contributed by atoms with Gasteiger partial charge in [-0.3, -0.25) is 4.79 Å². The molecule has 0 aromatic carbocycles. The van der Waals surface area contributed by atoms with Crippen LogP contribution < -0.4 is 0 Å². The fraction of sp³-hybridized carbons (Fsp3) is 0.935. The van der Waals surface area contributed by atoms with E-state index >= 15 is 0 Å². The molecule has 2 aliphatic rings. The van der Waals surface area contributed by atoms with Gasteiger partial charge >= 0.3 is 5.97 Å². The first-order valence-corrected chi connectivity index (χ1v) is 15.3. The minimum Gasteiger partial charge on any atom is -0.459 e. The van der Waals surface area contributed by atoms with E-state index in [2.05, 4.69) is 19.0 Å². The summed E-state index contributed by atoms with van der Waals surface area (Å²) in [5.74, 6) is -1.62. The van der Waals surface area contributed by atoms with E-state index in [0.717, 1.165) is 12.8 Å². The number of aliphatic hydroxyl groups excluding tert-OH is 1. The Morgan fingerprint density at radius 1 is 1.02 bits per heavy atom. The summed E-state index contributed by atoms with van der Waals surface area (Å²) in [6.07, 6.45) is -0.00803. The third-order valence-electron chi connectivity index (χ3n) is 9.10. The predicted octanol–water partition coefficient (Wildman–Crippen LogP) is 4.69. The summed E-state index contributed by atoms with van der Waals surface area (Å²) < 4.78 is 29.8. The van der Waals surface area contributed by atoms with Crippen LogP contribution >= 0.6 is 0 Å². The van der Waals surface area contributed by atoms with Crippen LogP contribution in [-0.2, 0) is 33.3 Å². The number of cyclic esters (lactones) is 1. The van der Waals surface area contributed by atoms with E-state index < -0.39 is 53.6 Å². The Labute approximate surface area is 247 Å². The van der Waals surface area contributed by atoms with Gasteiger partial charge in [0.25, 0.3) is 0 Å². The van der Waals surface area contributed by atoms with Crippen LogP contribution in [0, 0.1) is 29.6 Å². The zero-order valence-electron chi connectivity index (χ0n) is 27.2. The molecule has 0 radical (unpaired) electrons. The fourth-order valence-electron chi connectivity index (χ4n) is 6.80. The zero-order chi connectivity index (χ0) is 31.1. The summed E-state index contributed by atoms with van der Waals surface area (Å²) in [6.45, 7) is 17.2. The van der Waals surface area contributed by atoms with Gasteiger partial charge in [0.15, 0.2) is 6.29 Å². The largest absolute Gasteiger partial charge is 0.459 e. The van der Waals surface area contributed by atoms with Crippen molar-refractivity contribution < 1.29 is 43.5 Å². The van der Waals surface area contributed by atoms with E-state index in [-0.39, 0.29) is 24.7 Å². The van der Waals surface area contributed by atoms with Crippen LogP contribution in [0.3, 0.4) is 0 Å². The van der Waals surface area contributed by atoms with Crippen molar-refractivity contribution in [2.45, 2.75) is 136 Å². The summed E-state index contributed by atoms with van der Waals surface area (Å²) in [6, 6.07) is 0. The van der Waals surface area contributed by atoms with E-state index in [1.807, 2.05) is 27.7 Å². The Hall–Kier alpha value is -1.30. The van der Waals surface area contributed by atoms with Crippen LogP contribution in [0.5, 0.6) is 0 Å². The monoisotopic (exact) mass is 587 g/mol. The molecule has 41 heavy (non-hydrogen) atoms. The van der Waals surface area contributed by atoms with Gasteiger partial charge in [-0.25, -0.2) is 0 Å². The molecule has 2 fully saturated rings. The van der Waals surface area contributed by atoms with Crippen LogP contribution in [0.25, 0.3) is 0 Å². The standard InChI is InChI=1S/C31H57NO9/c1-12-24-31(9,35)28(33)22(6)26(32-38-17-36-10)19(3)15-30(8,37-11)16-20(4)27(23(7)29(34)40-24)41-25-14-18(2)13-21(5)39-25/h18-25,27-28,33,35H,12-17H2,1-11H3/b32-26-/t18-,19-,20-,21+,22+,23-,24-,25+,27+,28-,30-,31-/m1/s1. The molecule has 240 valence electrons. The number of oxime groups is 1. The molecule has 10 nitrogen and oxygen atoms in total. The molecule has 0 spiro atoms. The molecule has 2 heterocycles. The van der Waals surface area contributed by atoms with Crippen molar-refractivity contribution in [3.8, 4) is 0 Å². The maximum absolute atomic E-state index is 13.7. The van der Waals surface area contributed by atoms with E-state index in [4.69, 9.17) is 28.5 Å².